The highest BCUT2D eigenvalue weighted by molar-refractivity contribution is 5.40. The van der Waals surface area contributed by atoms with E-state index in [2.05, 4.69) is 13.0 Å². The minimum Gasteiger partial charge on any atom is -0.508 e. The lowest BCUT2D eigenvalue weighted by Gasteiger charge is -2.24. The molecular weight excluding hydrogens is 196 g/mol. The van der Waals surface area contributed by atoms with Crippen LogP contribution in [-0.4, -0.2) is 5.11 Å². The molecular formula is C15H24O. The molecule has 90 valence electrons. The Hall–Kier alpha value is -0.980. The van der Waals surface area contributed by atoms with Gasteiger partial charge in [-0.05, 0) is 42.4 Å². The number of fused-ring (bicyclic) bond motifs is 1. The first-order valence-electron chi connectivity index (χ1n) is 6.11. The summed E-state index contributed by atoms with van der Waals surface area (Å²) in [5.74, 6) is 1.35. The number of hydrogen-bond donors (Lipinski definition) is 1. The molecule has 1 aliphatic carbocycles. The highest BCUT2D eigenvalue weighted by atomic mass is 16.3. The third-order valence-corrected chi connectivity index (χ3v) is 3.53. The van der Waals surface area contributed by atoms with Crippen molar-refractivity contribution >= 4 is 0 Å². The number of rotatable bonds is 3. The Morgan fingerprint density at radius 2 is 2.19 bits per heavy atom. The van der Waals surface area contributed by atoms with Crippen molar-refractivity contribution in [2.24, 2.45) is 5.92 Å². The zero-order valence-electron chi connectivity index (χ0n) is 9.50. The van der Waals surface area contributed by atoms with E-state index < -0.39 is 0 Å². The monoisotopic (exact) mass is 220 g/mol. The summed E-state index contributed by atoms with van der Waals surface area (Å²) in [7, 11) is 0. The van der Waals surface area contributed by atoms with Crippen molar-refractivity contribution in [1.82, 2.24) is 0 Å². The summed E-state index contributed by atoms with van der Waals surface area (Å²) in [4.78, 5) is 0. The van der Waals surface area contributed by atoms with E-state index in [0.29, 0.717) is 5.75 Å². The van der Waals surface area contributed by atoms with Gasteiger partial charge in [0, 0.05) is 0 Å². The van der Waals surface area contributed by atoms with Gasteiger partial charge >= 0.3 is 0 Å². The predicted molar refractivity (Wildman–Crippen MR) is 69.9 cm³/mol. The summed E-state index contributed by atoms with van der Waals surface area (Å²) >= 11 is 0. The fraction of sp³-hybridized carbons (Fsp3) is 0.600. The molecule has 1 nitrogen and oxygen atoms in total. The van der Waals surface area contributed by atoms with Gasteiger partial charge in [-0.2, -0.15) is 0 Å². The van der Waals surface area contributed by atoms with Gasteiger partial charge in [-0.25, -0.2) is 0 Å². The average molecular weight is 220 g/mol. The number of benzene rings is 1. The van der Waals surface area contributed by atoms with Crippen LogP contribution in [0.2, 0.25) is 0 Å². The van der Waals surface area contributed by atoms with Crippen molar-refractivity contribution in [3.05, 3.63) is 29.3 Å². The van der Waals surface area contributed by atoms with Crippen molar-refractivity contribution in [3.8, 4) is 5.75 Å². The molecule has 1 aliphatic rings. The van der Waals surface area contributed by atoms with Crippen molar-refractivity contribution in [1.29, 1.82) is 0 Å². The molecule has 0 bridgehead atoms. The van der Waals surface area contributed by atoms with Gasteiger partial charge in [0.25, 0.3) is 0 Å². The molecule has 0 radical (unpaired) electrons. The number of phenolic OH excluding ortho intramolecular Hbond substituents is 1. The third-order valence-electron chi connectivity index (χ3n) is 3.53. The quantitative estimate of drug-likeness (QED) is 0.804. The first-order valence-corrected chi connectivity index (χ1v) is 6.11. The lowest BCUT2D eigenvalue weighted by atomic mass is 9.81. The second-order valence-corrected chi connectivity index (χ2v) is 4.67. The first-order chi connectivity index (χ1) is 7.31. The van der Waals surface area contributed by atoms with Gasteiger partial charge in [-0.15, -0.1) is 0 Å². The molecule has 2 rings (SSSR count). The summed E-state index contributed by atoms with van der Waals surface area (Å²) in [5, 5.41) is 9.72. The third kappa shape index (κ3) is 2.78. The van der Waals surface area contributed by atoms with Gasteiger partial charge in [0.2, 0.25) is 0 Å². The number of hydrogen-bond acceptors (Lipinski definition) is 1. The Balaban J connectivity index is 0.00000128. The average Bonchev–Trinajstić information content (AvgIpc) is 2.26. The normalized spacial score (nSPS) is 18.7. The maximum atomic E-state index is 9.72. The van der Waals surface area contributed by atoms with Gasteiger partial charge in [-0.1, -0.05) is 45.7 Å². The van der Waals surface area contributed by atoms with E-state index in [1.807, 2.05) is 12.1 Å². The molecule has 1 atom stereocenters. The Labute approximate surface area is 99.5 Å². The van der Waals surface area contributed by atoms with Crippen molar-refractivity contribution in [3.63, 3.8) is 0 Å². The maximum Gasteiger partial charge on any atom is 0.119 e. The van der Waals surface area contributed by atoms with Crippen LogP contribution in [0.25, 0.3) is 0 Å². The van der Waals surface area contributed by atoms with Crippen LogP contribution in [-0.2, 0) is 12.8 Å². The molecule has 1 heteroatoms. The van der Waals surface area contributed by atoms with Crippen LogP contribution in [0.1, 0.15) is 51.2 Å². The molecule has 16 heavy (non-hydrogen) atoms. The van der Waals surface area contributed by atoms with Gasteiger partial charge < -0.3 is 5.11 Å². The van der Waals surface area contributed by atoms with E-state index in [-0.39, 0.29) is 7.43 Å². The van der Waals surface area contributed by atoms with E-state index in [9.17, 15) is 5.11 Å². The zero-order valence-corrected chi connectivity index (χ0v) is 9.50. The first kappa shape index (κ1) is 13.1. The molecule has 0 spiro atoms. The van der Waals surface area contributed by atoms with Crippen LogP contribution in [0.15, 0.2) is 18.2 Å². The summed E-state index contributed by atoms with van der Waals surface area (Å²) in [6.07, 6.45) is 7.48. The lowest BCUT2D eigenvalue weighted by Crippen LogP contribution is -2.14. The van der Waals surface area contributed by atoms with Crippen LogP contribution in [0, 0.1) is 5.92 Å². The minimum atomic E-state index is 0. The Bertz CT molecular complexity index is 330. The van der Waals surface area contributed by atoms with Crippen LogP contribution >= 0.6 is 0 Å². The van der Waals surface area contributed by atoms with Crippen LogP contribution in [0.4, 0.5) is 0 Å². The maximum absolute atomic E-state index is 9.72. The molecule has 0 heterocycles. The Kier molecular flexibility index (Phi) is 4.85. The van der Waals surface area contributed by atoms with E-state index in [0.717, 1.165) is 12.3 Å². The highest BCUT2D eigenvalue weighted by Gasteiger charge is 2.19. The summed E-state index contributed by atoms with van der Waals surface area (Å²) in [6, 6.07) is 5.95. The van der Waals surface area contributed by atoms with Crippen molar-refractivity contribution < 1.29 is 5.11 Å². The minimum absolute atomic E-state index is 0. The Morgan fingerprint density at radius 3 is 2.94 bits per heavy atom. The molecule has 0 saturated heterocycles. The topological polar surface area (TPSA) is 20.2 Å². The molecule has 0 saturated carbocycles. The molecule has 0 amide bonds. The van der Waals surface area contributed by atoms with E-state index in [4.69, 9.17) is 0 Å². The highest BCUT2D eigenvalue weighted by Crippen LogP contribution is 2.33. The summed E-state index contributed by atoms with van der Waals surface area (Å²) in [6.45, 7) is 2.25. The van der Waals surface area contributed by atoms with E-state index >= 15 is 0 Å². The fourth-order valence-corrected chi connectivity index (χ4v) is 2.60. The Morgan fingerprint density at radius 1 is 1.38 bits per heavy atom. The molecule has 1 N–H and O–H groups in total. The number of unbranched alkanes of at least 4 members (excludes halogenated alkanes) is 1. The van der Waals surface area contributed by atoms with E-state index in [1.165, 1.54) is 43.2 Å². The van der Waals surface area contributed by atoms with Crippen LogP contribution in [0.3, 0.4) is 0 Å². The van der Waals surface area contributed by atoms with E-state index in [1.54, 1.807) is 0 Å². The molecule has 0 aromatic heterocycles. The second kappa shape index (κ2) is 5.93. The van der Waals surface area contributed by atoms with Gasteiger partial charge in [-0.3, -0.25) is 0 Å². The van der Waals surface area contributed by atoms with Crippen LogP contribution < -0.4 is 0 Å². The lowest BCUT2D eigenvalue weighted by molar-refractivity contribution is 0.399. The number of aromatic hydroxyl groups is 1. The van der Waals surface area contributed by atoms with Crippen molar-refractivity contribution in [2.75, 3.05) is 0 Å². The number of phenols is 1. The largest absolute Gasteiger partial charge is 0.508 e. The molecule has 1 aromatic carbocycles. The SMILES string of the molecule is C.CCCC[C@H]1CCc2c(O)cccc2C1. The van der Waals surface area contributed by atoms with Crippen molar-refractivity contribution in [2.45, 2.75) is 52.9 Å². The fourth-order valence-electron chi connectivity index (χ4n) is 2.60. The van der Waals surface area contributed by atoms with Crippen LogP contribution in [0.5, 0.6) is 5.75 Å². The molecule has 1 aromatic rings. The van der Waals surface area contributed by atoms with Gasteiger partial charge in [0.1, 0.15) is 5.75 Å². The summed E-state index contributed by atoms with van der Waals surface area (Å²) in [5.41, 5.74) is 2.58. The van der Waals surface area contributed by atoms with Gasteiger partial charge in [0.15, 0.2) is 0 Å². The smallest absolute Gasteiger partial charge is 0.119 e. The standard InChI is InChI=1S/C14H20O.CH4/c1-2-3-5-11-8-9-13-12(10-11)6-4-7-14(13)15;/h4,6-7,11,15H,2-3,5,8-10H2,1H3;1H4/t11-;/m0./s1. The van der Waals surface area contributed by atoms with Gasteiger partial charge in [0.05, 0.1) is 0 Å². The molecule has 0 aliphatic heterocycles. The zero-order chi connectivity index (χ0) is 10.7. The summed E-state index contributed by atoms with van der Waals surface area (Å²) < 4.78 is 0. The second-order valence-electron chi connectivity index (χ2n) is 4.67. The molecule has 0 unspecified atom stereocenters. The molecule has 0 fully saturated rings. The predicted octanol–water partition coefficient (Wildman–Crippen LogP) is 4.32.